The Morgan fingerprint density at radius 1 is 1.35 bits per heavy atom. The van der Waals surface area contributed by atoms with Crippen LogP contribution in [0.5, 0.6) is 5.75 Å². The topological polar surface area (TPSA) is 162 Å². The van der Waals surface area contributed by atoms with Crippen LogP contribution >= 0.6 is 11.3 Å². The molecule has 0 saturated heterocycles. The van der Waals surface area contributed by atoms with Crippen molar-refractivity contribution < 1.29 is 23.1 Å². The number of primary sulfonamides is 1. The molecule has 0 amide bonds. The molecule has 0 aliphatic heterocycles. The number of hydrogen-bond acceptors (Lipinski definition) is 9. The molecular formula is C18H24N6O5S2. The molecule has 3 rings (SSSR count). The number of fused-ring (bicyclic) bond motifs is 1. The molecular weight excluding hydrogens is 444 g/mol. The Labute approximate surface area is 183 Å². The molecule has 0 bridgehead atoms. The second-order valence-corrected chi connectivity index (χ2v) is 10.2. The van der Waals surface area contributed by atoms with Crippen LogP contribution in [-0.2, 0) is 21.4 Å². The second kappa shape index (κ2) is 9.26. The molecule has 3 aromatic rings. The van der Waals surface area contributed by atoms with E-state index in [-0.39, 0.29) is 22.9 Å². The van der Waals surface area contributed by atoms with Crippen molar-refractivity contribution in [3.8, 4) is 5.75 Å². The Balaban J connectivity index is 1.66. The van der Waals surface area contributed by atoms with Gasteiger partial charge in [0.05, 0.1) is 22.5 Å². The van der Waals surface area contributed by atoms with Gasteiger partial charge in [-0.05, 0) is 31.0 Å². The summed E-state index contributed by atoms with van der Waals surface area (Å²) in [5.74, 6) is -0.181. The van der Waals surface area contributed by atoms with Crippen molar-refractivity contribution in [3.05, 3.63) is 30.1 Å². The van der Waals surface area contributed by atoms with Crippen molar-refractivity contribution in [2.45, 2.75) is 43.8 Å². The monoisotopic (exact) mass is 468 g/mol. The normalized spacial score (nSPS) is 14.1. The predicted octanol–water partition coefficient (Wildman–Crippen LogP) is 1.37. The Morgan fingerprint density at radius 3 is 2.74 bits per heavy atom. The zero-order chi connectivity index (χ0) is 22.8. The number of carbonyl (C=O) groups is 1. The zero-order valence-electron chi connectivity index (χ0n) is 17.2. The van der Waals surface area contributed by atoms with Crippen LogP contribution < -0.4 is 15.2 Å². The largest absolute Gasteiger partial charge is 0.487 e. The second-order valence-electron chi connectivity index (χ2n) is 7.41. The summed E-state index contributed by atoms with van der Waals surface area (Å²) in [6.45, 7) is 6.23. The van der Waals surface area contributed by atoms with Crippen molar-refractivity contribution in [1.82, 2.24) is 25.3 Å². The summed E-state index contributed by atoms with van der Waals surface area (Å²) in [6, 6.07) is 4.31. The quantitative estimate of drug-likeness (QED) is 0.399. The molecule has 0 fully saturated rings. The first kappa shape index (κ1) is 23.1. The van der Waals surface area contributed by atoms with Gasteiger partial charge in [0, 0.05) is 6.54 Å². The Morgan fingerprint density at radius 2 is 2.10 bits per heavy atom. The van der Waals surface area contributed by atoms with Crippen LogP contribution in [0.15, 0.2) is 28.7 Å². The molecule has 1 unspecified atom stereocenters. The van der Waals surface area contributed by atoms with E-state index in [9.17, 15) is 13.2 Å². The molecule has 1 aromatic carbocycles. The summed E-state index contributed by atoms with van der Waals surface area (Å²) in [7, 11) is -3.85. The average molecular weight is 469 g/mol. The minimum Gasteiger partial charge on any atom is -0.487 e. The zero-order valence-corrected chi connectivity index (χ0v) is 18.9. The molecule has 13 heteroatoms. The first-order valence-electron chi connectivity index (χ1n) is 9.47. The highest BCUT2D eigenvalue weighted by molar-refractivity contribution is 7.91. The number of aromatic nitrogens is 4. The van der Waals surface area contributed by atoms with Crippen LogP contribution in [0.3, 0.4) is 0 Å². The van der Waals surface area contributed by atoms with Crippen molar-refractivity contribution in [2.24, 2.45) is 11.1 Å². The lowest BCUT2D eigenvalue weighted by Crippen LogP contribution is -2.39. The van der Waals surface area contributed by atoms with Gasteiger partial charge in [0.15, 0.2) is 0 Å². The highest BCUT2D eigenvalue weighted by atomic mass is 32.2. The number of carboxylic acids is 1. The number of thiazole rings is 1. The summed E-state index contributed by atoms with van der Waals surface area (Å²) in [5, 5.41) is 25.5. The van der Waals surface area contributed by atoms with Gasteiger partial charge in [-0.25, -0.2) is 23.2 Å². The lowest BCUT2D eigenvalue weighted by atomic mass is 10.0. The van der Waals surface area contributed by atoms with E-state index < -0.39 is 22.0 Å². The van der Waals surface area contributed by atoms with Gasteiger partial charge in [0.1, 0.15) is 24.1 Å². The predicted molar refractivity (Wildman–Crippen MR) is 114 cm³/mol. The van der Waals surface area contributed by atoms with Crippen LogP contribution in [0.2, 0.25) is 0 Å². The number of ether oxygens (including phenoxy) is 1. The maximum absolute atomic E-state index is 11.5. The van der Waals surface area contributed by atoms with Crippen molar-refractivity contribution >= 4 is 37.5 Å². The molecule has 0 aliphatic rings. The fourth-order valence-corrected chi connectivity index (χ4v) is 4.50. The third-order valence-electron chi connectivity index (χ3n) is 4.64. The number of rotatable bonds is 10. The van der Waals surface area contributed by atoms with Crippen molar-refractivity contribution in [2.75, 3.05) is 6.54 Å². The third-order valence-corrected chi connectivity index (χ3v) is 6.98. The van der Waals surface area contributed by atoms with Crippen LogP contribution in [0.25, 0.3) is 10.2 Å². The van der Waals surface area contributed by atoms with Gasteiger partial charge in [-0.1, -0.05) is 19.1 Å². The van der Waals surface area contributed by atoms with Crippen molar-refractivity contribution in [1.29, 1.82) is 0 Å². The summed E-state index contributed by atoms with van der Waals surface area (Å²) in [5.41, 5.74) is 1.13. The molecule has 0 spiro atoms. The number of nitrogens with two attached hydrogens (primary N) is 1. The number of sulfonamides is 1. The van der Waals surface area contributed by atoms with Gasteiger partial charge in [-0.15, -0.1) is 16.4 Å². The molecule has 0 saturated carbocycles. The van der Waals surface area contributed by atoms with Gasteiger partial charge in [0.25, 0.3) is 10.0 Å². The standard InChI is InChI=1S/C18H24N6O5S2/c1-10(2)15(7-20-11(3)17(25)26)24-8-12(22-23-24)9-29-13-4-5-14-16(6-13)30-18(21-14)31(19,27)28/h4-6,8,10-11,15,20H,7,9H2,1-3H3,(H,25,26)(H2,19,27,28)/t11?,15-/m0/s1. The maximum Gasteiger partial charge on any atom is 0.320 e. The molecule has 2 aromatic heterocycles. The van der Waals surface area contributed by atoms with Crippen LogP contribution in [0, 0.1) is 5.92 Å². The smallest absolute Gasteiger partial charge is 0.320 e. The van der Waals surface area contributed by atoms with E-state index >= 15 is 0 Å². The average Bonchev–Trinajstić information content (AvgIpc) is 3.32. The van der Waals surface area contributed by atoms with E-state index in [1.54, 1.807) is 36.0 Å². The molecule has 168 valence electrons. The summed E-state index contributed by atoms with van der Waals surface area (Å²) in [6.07, 6.45) is 1.77. The number of nitrogens with zero attached hydrogens (tertiary/aromatic N) is 4. The highest BCUT2D eigenvalue weighted by Gasteiger charge is 2.20. The number of nitrogens with one attached hydrogen (secondary N) is 1. The Bertz CT molecular complexity index is 1170. The van der Waals surface area contributed by atoms with Gasteiger partial charge in [-0.3, -0.25) is 4.79 Å². The Kier molecular flexibility index (Phi) is 6.89. The molecule has 2 atom stereocenters. The molecule has 2 heterocycles. The molecule has 0 aliphatic carbocycles. The summed E-state index contributed by atoms with van der Waals surface area (Å²) in [4.78, 5) is 15.0. The van der Waals surface area contributed by atoms with Crippen LogP contribution in [0.1, 0.15) is 32.5 Å². The highest BCUT2D eigenvalue weighted by Crippen LogP contribution is 2.28. The number of benzene rings is 1. The van der Waals surface area contributed by atoms with E-state index in [0.717, 1.165) is 11.3 Å². The molecule has 31 heavy (non-hydrogen) atoms. The van der Waals surface area contributed by atoms with E-state index in [0.29, 0.717) is 28.2 Å². The van der Waals surface area contributed by atoms with E-state index in [1.807, 2.05) is 13.8 Å². The first-order valence-corrected chi connectivity index (χ1v) is 11.8. The lowest BCUT2D eigenvalue weighted by Gasteiger charge is -2.22. The fourth-order valence-electron chi connectivity index (χ4n) is 2.81. The van der Waals surface area contributed by atoms with E-state index in [1.165, 1.54) is 0 Å². The Hall–Kier alpha value is -2.61. The van der Waals surface area contributed by atoms with Crippen molar-refractivity contribution in [3.63, 3.8) is 0 Å². The first-order chi connectivity index (χ1) is 14.5. The maximum atomic E-state index is 11.5. The van der Waals surface area contributed by atoms with E-state index in [4.69, 9.17) is 15.0 Å². The van der Waals surface area contributed by atoms with Gasteiger partial charge < -0.3 is 15.2 Å². The SMILES string of the molecule is CC(NC[C@@H](C(C)C)n1cc(COc2ccc3nc(S(N)(=O)=O)sc3c2)nn1)C(=O)O. The third kappa shape index (κ3) is 5.76. The molecule has 0 radical (unpaired) electrons. The summed E-state index contributed by atoms with van der Waals surface area (Å²) < 4.78 is 30.9. The molecule has 11 nitrogen and oxygen atoms in total. The number of carboxylic acid groups (broad SMARTS) is 1. The van der Waals surface area contributed by atoms with E-state index in [2.05, 4.69) is 20.6 Å². The molecule has 4 N–H and O–H groups in total. The minimum absolute atomic E-state index is 0.0757. The van der Waals surface area contributed by atoms with Crippen LogP contribution in [0.4, 0.5) is 0 Å². The summed E-state index contributed by atoms with van der Waals surface area (Å²) >= 11 is 0.976. The number of aliphatic carboxylic acids is 1. The van der Waals surface area contributed by atoms with Gasteiger partial charge >= 0.3 is 5.97 Å². The fraction of sp³-hybridized carbons (Fsp3) is 0.444. The van der Waals surface area contributed by atoms with Crippen LogP contribution in [-0.4, -0.2) is 52.1 Å². The lowest BCUT2D eigenvalue weighted by molar-refractivity contribution is -0.139. The van der Waals surface area contributed by atoms with Gasteiger partial charge in [-0.2, -0.15) is 0 Å². The number of hydrogen-bond donors (Lipinski definition) is 3. The van der Waals surface area contributed by atoms with Gasteiger partial charge in [0.2, 0.25) is 4.34 Å². The minimum atomic E-state index is -3.85.